The average molecular weight is 509 g/mol. The number of aliphatic carboxylic acids is 1. The van der Waals surface area contributed by atoms with E-state index in [4.69, 9.17) is 9.84 Å². The number of ether oxygens (including phenoxy) is 1. The number of carboxylic acid groups (broad SMARTS) is 1. The SMILES string of the molecule is COc1ccc(-c2[c-]cc3c(c2)CCC3N2CC(C(=O)O)C2)cc1.[Re]. The number of hydrogen-bond acceptors (Lipinski definition) is 3. The molecule has 1 aliphatic heterocycles. The Labute approximate surface area is 161 Å². The van der Waals surface area contributed by atoms with Crippen molar-refractivity contribution in [2.75, 3.05) is 20.2 Å². The van der Waals surface area contributed by atoms with Crippen LogP contribution >= 0.6 is 0 Å². The normalized spacial score (nSPS) is 19.6. The van der Waals surface area contributed by atoms with E-state index >= 15 is 0 Å². The summed E-state index contributed by atoms with van der Waals surface area (Å²) in [6, 6.07) is 16.1. The van der Waals surface area contributed by atoms with Crippen molar-refractivity contribution < 1.29 is 35.1 Å². The first-order chi connectivity index (χ1) is 11.7. The van der Waals surface area contributed by atoms with Crippen molar-refractivity contribution in [3.8, 4) is 16.9 Å². The fourth-order valence-electron chi connectivity index (χ4n) is 3.76. The summed E-state index contributed by atoms with van der Waals surface area (Å²) in [5.74, 6) is -0.0202. The zero-order valence-electron chi connectivity index (χ0n) is 14.0. The van der Waals surface area contributed by atoms with Crippen LogP contribution < -0.4 is 4.74 Å². The molecule has 0 spiro atoms. The molecule has 2 aromatic carbocycles. The Morgan fingerprint density at radius 3 is 2.64 bits per heavy atom. The van der Waals surface area contributed by atoms with Crippen molar-refractivity contribution in [3.05, 3.63) is 53.6 Å². The van der Waals surface area contributed by atoms with Crippen LogP contribution in [0.2, 0.25) is 0 Å². The minimum atomic E-state index is -0.675. The molecule has 4 rings (SSSR count). The molecule has 4 nitrogen and oxygen atoms in total. The van der Waals surface area contributed by atoms with Crippen molar-refractivity contribution in [1.82, 2.24) is 4.90 Å². The standard InChI is InChI=1S/C20H20NO3.Re/c1-24-17-6-2-13(3-7-17)14-4-8-18-15(10-14)5-9-19(18)21-11-16(12-21)20(22)23;/h2-3,6-8,10,16,19H,5,9,11-12H2,1H3,(H,22,23);/q-1;. The first-order valence-corrected chi connectivity index (χ1v) is 8.31. The summed E-state index contributed by atoms with van der Waals surface area (Å²) in [5.41, 5.74) is 4.92. The zero-order valence-corrected chi connectivity index (χ0v) is 16.8. The third kappa shape index (κ3) is 3.37. The van der Waals surface area contributed by atoms with Crippen LogP contribution in [0.1, 0.15) is 23.6 Å². The minimum Gasteiger partial charge on any atom is -0.497 e. The second-order valence-electron chi connectivity index (χ2n) is 6.60. The van der Waals surface area contributed by atoms with Gasteiger partial charge in [0.2, 0.25) is 0 Å². The minimum absolute atomic E-state index is 0. The maximum absolute atomic E-state index is 11.0. The van der Waals surface area contributed by atoms with Crippen LogP contribution in [0.5, 0.6) is 5.75 Å². The molecule has 1 atom stereocenters. The summed E-state index contributed by atoms with van der Waals surface area (Å²) in [6.07, 6.45) is 2.12. The van der Waals surface area contributed by atoms with Crippen LogP contribution in [0.4, 0.5) is 0 Å². The number of aryl methyl sites for hydroxylation is 1. The molecule has 2 aromatic rings. The van der Waals surface area contributed by atoms with Crippen molar-refractivity contribution in [2.45, 2.75) is 18.9 Å². The Morgan fingerprint density at radius 2 is 2.00 bits per heavy atom. The van der Waals surface area contributed by atoms with Gasteiger partial charge in [0.1, 0.15) is 5.75 Å². The number of methoxy groups -OCH3 is 1. The number of nitrogens with zero attached hydrogens (tertiary/aromatic N) is 1. The van der Waals surface area contributed by atoms with Crippen molar-refractivity contribution in [1.29, 1.82) is 0 Å². The maximum atomic E-state index is 11.0. The first kappa shape index (κ1) is 18.1. The van der Waals surface area contributed by atoms with Gasteiger partial charge in [-0.05, 0) is 25.0 Å². The van der Waals surface area contributed by atoms with Gasteiger partial charge in [-0.3, -0.25) is 4.79 Å². The molecule has 1 heterocycles. The molecule has 1 radical (unpaired) electrons. The Morgan fingerprint density at radius 1 is 1.28 bits per heavy atom. The molecule has 5 heteroatoms. The molecule has 0 amide bonds. The number of carboxylic acids is 1. The summed E-state index contributed by atoms with van der Waals surface area (Å²) >= 11 is 0. The van der Waals surface area contributed by atoms with Crippen LogP contribution in [-0.2, 0) is 31.6 Å². The molecule has 1 unspecified atom stereocenters. The summed E-state index contributed by atoms with van der Waals surface area (Å²) in [5, 5.41) is 9.05. The predicted octanol–water partition coefficient (Wildman–Crippen LogP) is 3.16. The Kier molecular flexibility index (Phi) is 5.29. The number of carbonyl (C=O) groups is 1. The summed E-state index contributed by atoms with van der Waals surface area (Å²) < 4.78 is 5.21. The molecule has 2 aliphatic rings. The van der Waals surface area contributed by atoms with Gasteiger partial charge in [-0.2, -0.15) is 0 Å². The fraction of sp³-hybridized carbons (Fsp3) is 0.350. The van der Waals surface area contributed by atoms with Crippen molar-refractivity contribution >= 4 is 5.97 Å². The third-order valence-electron chi connectivity index (χ3n) is 5.22. The molecule has 0 bridgehead atoms. The predicted molar refractivity (Wildman–Crippen MR) is 91.0 cm³/mol. The van der Waals surface area contributed by atoms with Gasteiger partial charge in [0.25, 0.3) is 0 Å². The Hall–Kier alpha value is -1.67. The summed E-state index contributed by atoms with van der Waals surface area (Å²) in [7, 11) is 1.67. The molecule has 131 valence electrons. The van der Waals surface area contributed by atoms with Crippen LogP contribution in [0.3, 0.4) is 0 Å². The topological polar surface area (TPSA) is 49.8 Å². The van der Waals surface area contributed by atoms with E-state index in [1.54, 1.807) is 7.11 Å². The van der Waals surface area contributed by atoms with Gasteiger partial charge in [-0.15, -0.1) is 34.9 Å². The Balaban J connectivity index is 0.00000182. The quantitative estimate of drug-likeness (QED) is 0.645. The van der Waals surface area contributed by atoms with Crippen molar-refractivity contribution in [3.63, 3.8) is 0 Å². The van der Waals surface area contributed by atoms with Gasteiger partial charge >= 0.3 is 5.97 Å². The van der Waals surface area contributed by atoms with E-state index in [-0.39, 0.29) is 26.3 Å². The molecular formula is C20H20NO3Re-. The third-order valence-corrected chi connectivity index (χ3v) is 5.22. The van der Waals surface area contributed by atoms with Gasteiger partial charge in [-0.1, -0.05) is 17.7 Å². The molecule has 25 heavy (non-hydrogen) atoms. The summed E-state index contributed by atoms with van der Waals surface area (Å²) in [6.45, 7) is 1.33. The van der Waals surface area contributed by atoms with E-state index in [1.165, 1.54) is 11.1 Å². The van der Waals surface area contributed by atoms with Crippen molar-refractivity contribution in [2.24, 2.45) is 5.92 Å². The van der Waals surface area contributed by atoms with E-state index < -0.39 is 5.97 Å². The van der Waals surface area contributed by atoms with Gasteiger partial charge < -0.3 is 14.7 Å². The monoisotopic (exact) mass is 509 g/mol. The average Bonchev–Trinajstić information content (AvgIpc) is 2.96. The number of hydrogen-bond donors (Lipinski definition) is 1. The maximum Gasteiger partial charge on any atom is 0.309 e. The Bertz CT molecular complexity index is 769. The number of benzene rings is 2. The second-order valence-corrected chi connectivity index (χ2v) is 6.60. The molecule has 1 saturated heterocycles. The van der Waals surface area contributed by atoms with Gasteiger partial charge in [0.15, 0.2) is 0 Å². The zero-order chi connectivity index (χ0) is 16.7. The largest absolute Gasteiger partial charge is 0.497 e. The molecule has 1 fully saturated rings. The van der Waals surface area contributed by atoms with E-state index in [2.05, 4.69) is 35.2 Å². The number of likely N-dealkylation sites (tertiary alicyclic amines) is 1. The summed E-state index contributed by atoms with van der Waals surface area (Å²) in [4.78, 5) is 13.3. The van der Waals surface area contributed by atoms with Crippen LogP contribution in [-0.4, -0.2) is 36.2 Å². The van der Waals surface area contributed by atoms with Crippen LogP contribution in [0, 0.1) is 12.0 Å². The number of fused-ring (bicyclic) bond motifs is 1. The van der Waals surface area contributed by atoms with E-state index in [1.807, 2.05) is 12.1 Å². The molecule has 0 aromatic heterocycles. The van der Waals surface area contributed by atoms with Crippen LogP contribution in [0.15, 0.2) is 36.4 Å². The van der Waals surface area contributed by atoms with Gasteiger partial charge in [0.05, 0.1) is 13.0 Å². The smallest absolute Gasteiger partial charge is 0.309 e. The second kappa shape index (κ2) is 7.29. The van der Waals surface area contributed by atoms with Gasteiger partial charge in [0, 0.05) is 39.6 Å². The van der Waals surface area contributed by atoms with Gasteiger partial charge in [-0.25, -0.2) is 0 Å². The molecule has 1 N–H and O–H groups in total. The van der Waals surface area contributed by atoms with E-state index in [0.29, 0.717) is 19.1 Å². The molecule has 0 saturated carbocycles. The first-order valence-electron chi connectivity index (χ1n) is 8.31. The van der Waals surface area contributed by atoms with Crippen LogP contribution in [0.25, 0.3) is 11.1 Å². The molecule has 1 aliphatic carbocycles. The molecular weight excluding hydrogens is 488 g/mol. The van der Waals surface area contributed by atoms with E-state index in [0.717, 1.165) is 29.7 Å². The van der Waals surface area contributed by atoms with E-state index in [9.17, 15) is 4.79 Å². The number of rotatable bonds is 4. The fourth-order valence-corrected chi connectivity index (χ4v) is 3.76.